The molecule has 2 atom stereocenters. The minimum absolute atomic E-state index is 0.0480. The maximum Gasteiger partial charge on any atom is 0.407 e. The smallest absolute Gasteiger partial charge is 0.407 e. The van der Waals surface area contributed by atoms with Gasteiger partial charge in [-0.2, -0.15) is 0 Å². The lowest BCUT2D eigenvalue weighted by molar-refractivity contribution is -0.117. The lowest BCUT2D eigenvalue weighted by Gasteiger charge is -2.39. The van der Waals surface area contributed by atoms with Crippen molar-refractivity contribution in [3.05, 3.63) is 53.6 Å². The number of benzene rings is 2. The van der Waals surface area contributed by atoms with Crippen LogP contribution in [0.15, 0.2) is 42.5 Å². The molecule has 0 radical (unpaired) electrons. The number of nitrogens with one attached hydrogen (secondary N) is 1. The molecule has 0 aliphatic carbocycles. The first-order chi connectivity index (χ1) is 17.1. The average Bonchev–Trinajstić information content (AvgIpc) is 2.80. The average molecular weight is 496 g/mol. The van der Waals surface area contributed by atoms with Crippen molar-refractivity contribution in [1.29, 1.82) is 0 Å². The fraction of sp³-hybridized carbons (Fsp3) is 0.464. The molecule has 1 aliphatic rings. The van der Waals surface area contributed by atoms with Crippen molar-refractivity contribution >= 4 is 23.7 Å². The third-order valence-corrected chi connectivity index (χ3v) is 6.09. The van der Waals surface area contributed by atoms with Crippen LogP contribution in [0.4, 0.5) is 10.5 Å². The molecule has 2 aromatic rings. The molecule has 0 aromatic heterocycles. The second-order valence-electron chi connectivity index (χ2n) is 9.77. The molecule has 1 aliphatic heterocycles. The van der Waals surface area contributed by atoms with Crippen LogP contribution in [0.1, 0.15) is 62.5 Å². The number of hydrogen-bond acceptors (Lipinski definition) is 6. The topological polar surface area (TPSA) is 88.2 Å². The van der Waals surface area contributed by atoms with E-state index in [4.69, 9.17) is 9.47 Å². The van der Waals surface area contributed by atoms with Gasteiger partial charge in [0.05, 0.1) is 24.3 Å². The summed E-state index contributed by atoms with van der Waals surface area (Å²) in [6, 6.07) is 12.7. The van der Waals surface area contributed by atoms with Crippen molar-refractivity contribution in [2.24, 2.45) is 0 Å². The highest BCUT2D eigenvalue weighted by Crippen LogP contribution is 2.39. The maximum absolute atomic E-state index is 12.4. The molecule has 3 rings (SSSR count). The van der Waals surface area contributed by atoms with Crippen LogP contribution < -0.4 is 10.2 Å². The third-order valence-electron chi connectivity index (χ3n) is 6.09. The van der Waals surface area contributed by atoms with Gasteiger partial charge < -0.3 is 24.6 Å². The summed E-state index contributed by atoms with van der Waals surface area (Å²) in [5, 5.41) is 2.97. The van der Waals surface area contributed by atoms with Crippen molar-refractivity contribution < 1.29 is 23.9 Å². The van der Waals surface area contributed by atoms with E-state index in [2.05, 4.69) is 5.32 Å². The minimum atomic E-state index is -0.483. The Morgan fingerprint density at radius 2 is 1.75 bits per heavy atom. The molecule has 194 valence electrons. The number of esters is 1. The first kappa shape index (κ1) is 27.2. The van der Waals surface area contributed by atoms with Gasteiger partial charge >= 0.3 is 12.1 Å². The molecule has 0 spiro atoms. The van der Waals surface area contributed by atoms with Gasteiger partial charge in [-0.15, -0.1) is 0 Å². The summed E-state index contributed by atoms with van der Waals surface area (Å²) in [6.07, 6.45) is 0.635. The SMILES string of the molecule is CC(=O)N1c2ccc(-c3ccc(C(=O)OCCCN(C)C)cc3)cc2C(NC(=O)OC(C)C)CC1C. The zero-order valence-corrected chi connectivity index (χ0v) is 22.0. The van der Waals surface area contributed by atoms with Gasteiger partial charge in [-0.1, -0.05) is 18.2 Å². The molecule has 2 aromatic carbocycles. The number of alkyl carbamates (subject to hydrolysis) is 1. The van der Waals surface area contributed by atoms with Crippen molar-refractivity contribution in [3.8, 4) is 11.1 Å². The molecule has 0 bridgehead atoms. The van der Waals surface area contributed by atoms with Gasteiger partial charge in [0.25, 0.3) is 0 Å². The Kier molecular flexibility index (Phi) is 9.09. The predicted molar refractivity (Wildman–Crippen MR) is 140 cm³/mol. The van der Waals surface area contributed by atoms with Crippen molar-refractivity contribution in [2.45, 2.75) is 58.7 Å². The van der Waals surface area contributed by atoms with E-state index in [1.165, 1.54) is 0 Å². The number of nitrogens with zero attached hydrogens (tertiary/aromatic N) is 2. The second-order valence-corrected chi connectivity index (χ2v) is 9.77. The first-order valence-electron chi connectivity index (χ1n) is 12.4. The van der Waals surface area contributed by atoms with E-state index >= 15 is 0 Å². The van der Waals surface area contributed by atoms with Gasteiger partial charge in [-0.25, -0.2) is 9.59 Å². The van der Waals surface area contributed by atoms with Crippen LogP contribution in [0.3, 0.4) is 0 Å². The van der Waals surface area contributed by atoms with Crippen LogP contribution in [-0.4, -0.2) is 62.3 Å². The van der Waals surface area contributed by atoms with Gasteiger partial charge in [-0.3, -0.25) is 4.79 Å². The zero-order chi connectivity index (χ0) is 26.4. The number of ether oxygens (including phenoxy) is 2. The number of fused-ring (bicyclic) bond motifs is 1. The highest BCUT2D eigenvalue weighted by molar-refractivity contribution is 5.94. The van der Waals surface area contributed by atoms with Gasteiger partial charge in [0.2, 0.25) is 5.91 Å². The standard InChI is InChI=1S/C28H37N3O5/c1-18(2)36-28(34)29-25-16-19(3)31(20(4)32)26-13-12-23(17-24(25)26)21-8-10-22(11-9-21)27(33)35-15-7-14-30(5)6/h8-13,17-19,25H,7,14-16H2,1-6H3,(H,29,34). The molecule has 8 nitrogen and oxygen atoms in total. The van der Waals surface area contributed by atoms with Crippen LogP contribution in [0.5, 0.6) is 0 Å². The van der Waals surface area contributed by atoms with Crippen molar-refractivity contribution in [2.75, 3.05) is 32.1 Å². The Hall–Kier alpha value is -3.39. The third kappa shape index (κ3) is 6.85. The van der Waals surface area contributed by atoms with Gasteiger partial charge in [-0.05, 0) is 88.7 Å². The molecule has 2 unspecified atom stereocenters. The van der Waals surface area contributed by atoms with E-state index in [-0.39, 0.29) is 30.1 Å². The van der Waals surface area contributed by atoms with E-state index in [0.717, 1.165) is 35.3 Å². The van der Waals surface area contributed by atoms with Crippen molar-refractivity contribution in [3.63, 3.8) is 0 Å². The highest BCUT2D eigenvalue weighted by atomic mass is 16.6. The fourth-order valence-corrected chi connectivity index (χ4v) is 4.48. The molecule has 0 saturated heterocycles. The number of anilines is 1. The predicted octanol–water partition coefficient (Wildman–Crippen LogP) is 4.78. The second kappa shape index (κ2) is 12.0. The Balaban J connectivity index is 1.83. The molecular formula is C28H37N3O5. The van der Waals surface area contributed by atoms with Gasteiger partial charge in [0.15, 0.2) is 0 Å². The summed E-state index contributed by atoms with van der Waals surface area (Å²) < 4.78 is 10.7. The Labute approximate surface area is 213 Å². The summed E-state index contributed by atoms with van der Waals surface area (Å²) >= 11 is 0. The Morgan fingerprint density at radius 3 is 2.36 bits per heavy atom. The van der Waals surface area contributed by atoms with E-state index in [1.807, 2.05) is 56.3 Å². The monoisotopic (exact) mass is 495 g/mol. The Morgan fingerprint density at radius 1 is 1.08 bits per heavy atom. The number of carbonyl (C=O) groups is 3. The maximum atomic E-state index is 12.4. The largest absolute Gasteiger partial charge is 0.462 e. The number of hydrogen-bond donors (Lipinski definition) is 1. The molecule has 36 heavy (non-hydrogen) atoms. The molecule has 2 amide bonds. The fourth-order valence-electron chi connectivity index (χ4n) is 4.48. The van der Waals surface area contributed by atoms with Gasteiger partial charge in [0.1, 0.15) is 0 Å². The summed E-state index contributed by atoms with van der Waals surface area (Å²) in [7, 11) is 3.96. The summed E-state index contributed by atoms with van der Waals surface area (Å²) in [4.78, 5) is 40.9. The van der Waals surface area contributed by atoms with Crippen LogP contribution >= 0.6 is 0 Å². The van der Waals surface area contributed by atoms with E-state index in [0.29, 0.717) is 18.6 Å². The molecular weight excluding hydrogens is 458 g/mol. The minimum Gasteiger partial charge on any atom is -0.462 e. The van der Waals surface area contributed by atoms with E-state index in [9.17, 15) is 14.4 Å². The first-order valence-corrected chi connectivity index (χ1v) is 12.4. The van der Waals surface area contributed by atoms with Crippen LogP contribution in [0.25, 0.3) is 11.1 Å². The quantitative estimate of drug-likeness (QED) is 0.419. The van der Waals surface area contributed by atoms with Crippen molar-refractivity contribution in [1.82, 2.24) is 10.2 Å². The molecule has 1 heterocycles. The zero-order valence-electron chi connectivity index (χ0n) is 22.0. The normalized spacial score (nSPS) is 17.1. The molecule has 0 fully saturated rings. The van der Waals surface area contributed by atoms with Crippen LogP contribution in [-0.2, 0) is 14.3 Å². The van der Waals surface area contributed by atoms with Crippen LogP contribution in [0.2, 0.25) is 0 Å². The summed E-state index contributed by atoms with van der Waals surface area (Å²) in [6.45, 7) is 8.36. The number of amides is 2. The van der Waals surface area contributed by atoms with E-state index in [1.54, 1.807) is 37.8 Å². The summed E-state index contributed by atoms with van der Waals surface area (Å²) in [5.74, 6) is -0.391. The molecule has 1 N–H and O–H groups in total. The molecule has 8 heteroatoms. The van der Waals surface area contributed by atoms with E-state index < -0.39 is 6.09 Å². The van der Waals surface area contributed by atoms with Crippen LogP contribution in [0, 0.1) is 0 Å². The highest BCUT2D eigenvalue weighted by Gasteiger charge is 2.33. The Bertz CT molecular complexity index is 1080. The number of carbonyl (C=O) groups excluding carboxylic acids is 3. The molecule has 0 saturated carbocycles. The summed E-state index contributed by atoms with van der Waals surface area (Å²) in [5.41, 5.74) is 3.96. The number of rotatable bonds is 8. The lowest BCUT2D eigenvalue weighted by atomic mass is 9.89. The van der Waals surface area contributed by atoms with Gasteiger partial charge in [0, 0.05) is 25.2 Å². The lowest BCUT2D eigenvalue weighted by Crippen LogP contribution is -2.45.